The molecule has 0 amide bonds. The molecule has 112 valence electrons. The van der Waals surface area contributed by atoms with Crippen molar-refractivity contribution in [2.75, 3.05) is 33.2 Å². The summed E-state index contributed by atoms with van der Waals surface area (Å²) in [5.74, 6) is 0.594. The van der Waals surface area contributed by atoms with Gasteiger partial charge in [0.2, 0.25) is 0 Å². The molecule has 5 nitrogen and oxygen atoms in total. The first-order valence-corrected chi connectivity index (χ1v) is 8.89. The molecular formula is C13H27N3O2S. The van der Waals surface area contributed by atoms with Gasteiger partial charge in [-0.05, 0) is 51.1 Å². The normalized spacial score (nSPS) is 22.3. The van der Waals surface area contributed by atoms with Gasteiger partial charge >= 0.3 is 0 Å². The van der Waals surface area contributed by atoms with E-state index in [9.17, 15) is 8.42 Å². The van der Waals surface area contributed by atoms with Crippen molar-refractivity contribution in [1.82, 2.24) is 13.9 Å². The summed E-state index contributed by atoms with van der Waals surface area (Å²) in [6.45, 7) is 5.22. The van der Waals surface area contributed by atoms with Crippen molar-refractivity contribution in [3.05, 3.63) is 0 Å². The second-order valence-corrected chi connectivity index (χ2v) is 7.81. The third-order valence-corrected chi connectivity index (χ3v) is 6.07. The maximum absolute atomic E-state index is 12.7. The largest absolute Gasteiger partial charge is 0.317 e. The Hall–Kier alpha value is -0.170. The fraction of sp³-hybridized carbons (Fsp3) is 1.00. The third-order valence-electron chi connectivity index (χ3n) is 4.06. The molecule has 19 heavy (non-hydrogen) atoms. The van der Waals surface area contributed by atoms with Gasteiger partial charge in [-0.15, -0.1) is 0 Å². The molecule has 1 N–H and O–H groups in total. The van der Waals surface area contributed by atoms with Gasteiger partial charge in [0.05, 0.1) is 0 Å². The Kier molecular flexibility index (Phi) is 5.22. The average molecular weight is 289 g/mol. The van der Waals surface area contributed by atoms with Crippen LogP contribution >= 0.6 is 0 Å². The van der Waals surface area contributed by atoms with Crippen LogP contribution < -0.4 is 5.32 Å². The molecule has 2 aliphatic rings. The van der Waals surface area contributed by atoms with Crippen LogP contribution in [0, 0.1) is 5.92 Å². The van der Waals surface area contributed by atoms with E-state index < -0.39 is 10.2 Å². The molecule has 0 aromatic carbocycles. The molecule has 2 fully saturated rings. The molecule has 6 heteroatoms. The van der Waals surface area contributed by atoms with Crippen LogP contribution in [0.1, 0.15) is 39.0 Å². The topological polar surface area (TPSA) is 52.7 Å². The molecule has 0 spiro atoms. The van der Waals surface area contributed by atoms with E-state index in [0.717, 1.165) is 32.4 Å². The summed E-state index contributed by atoms with van der Waals surface area (Å²) >= 11 is 0. The van der Waals surface area contributed by atoms with Crippen molar-refractivity contribution in [2.24, 2.45) is 5.92 Å². The standard InChI is InChI=1S/C13H27N3O2S/c1-3-10-16(13-6-8-14-9-7-13)19(17,18)15(2)11-12-4-5-12/h12-14H,3-11H2,1-2H3. The highest BCUT2D eigenvalue weighted by Crippen LogP contribution is 2.31. The number of rotatable bonds is 7. The lowest BCUT2D eigenvalue weighted by Gasteiger charge is -2.36. The van der Waals surface area contributed by atoms with Crippen LogP contribution in [-0.4, -0.2) is 56.3 Å². The lowest BCUT2D eigenvalue weighted by molar-refractivity contribution is 0.245. The zero-order chi connectivity index (χ0) is 13.9. The van der Waals surface area contributed by atoms with Gasteiger partial charge < -0.3 is 5.32 Å². The van der Waals surface area contributed by atoms with Crippen molar-refractivity contribution in [3.8, 4) is 0 Å². The predicted octanol–water partition coefficient (Wildman–Crippen LogP) is 1.04. The summed E-state index contributed by atoms with van der Waals surface area (Å²) in [5.41, 5.74) is 0. The lowest BCUT2D eigenvalue weighted by Crippen LogP contribution is -2.51. The highest BCUT2D eigenvalue weighted by atomic mass is 32.2. The summed E-state index contributed by atoms with van der Waals surface area (Å²) in [6.07, 6.45) is 5.09. The molecule has 0 aromatic rings. The van der Waals surface area contributed by atoms with Crippen LogP contribution in [0.3, 0.4) is 0 Å². The quantitative estimate of drug-likeness (QED) is 0.762. The maximum atomic E-state index is 12.7. The molecule has 1 heterocycles. The third kappa shape index (κ3) is 3.90. The van der Waals surface area contributed by atoms with Crippen LogP contribution in [0.15, 0.2) is 0 Å². The number of hydrogen-bond acceptors (Lipinski definition) is 3. The van der Waals surface area contributed by atoms with Gasteiger partial charge in [0.25, 0.3) is 10.2 Å². The van der Waals surface area contributed by atoms with Crippen LogP contribution in [0.2, 0.25) is 0 Å². The van der Waals surface area contributed by atoms with Gasteiger partial charge in [0.15, 0.2) is 0 Å². The molecule has 1 aliphatic heterocycles. The van der Waals surface area contributed by atoms with E-state index in [4.69, 9.17) is 0 Å². The van der Waals surface area contributed by atoms with Crippen LogP contribution in [0.5, 0.6) is 0 Å². The van der Waals surface area contributed by atoms with Gasteiger partial charge in [-0.3, -0.25) is 0 Å². The van der Waals surface area contributed by atoms with E-state index in [-0.39, 0.29) is 6.04 Å². The molecule has 1 saturated carbocycles. The maximum Gasteiger partial charge on any atom is 0.281 e. The summed E-state index contributed by atoms with van der Waals surface area (Å²) < 4.78 is 28.7. The smallest absolute Gasteiger partial charge is 0.281 e. The zero-order valence-corrected chi connectivity index (χ0v) is 13.0. The number of nitrogens with zero attached hydrogens (tertiary/aromatic N) is 2. The minimum absolute atomic E-state index is 0.174. The summed E-state index contributed by atoms with van der Waals surface area (Å²) in [6, 6.07) is 0.174. The fourth-order valence-corrected chi connectivity index (χ4v) is 4.50. The Balaban J connectivity index is 2.06. The Morgan fingerprint density at radius 2 is 1.79 bits per heavy atom. The highest BCUT2D eigenvalue weighted by molar-refractivity contribution is 7.86. The Bertz CT molecular complexity index is 375. The van der Waals surface area contributed by atoms with E-state index in [1.807, 2.05) is 6.92 Å². The van der Waals surface area contributed by atoms with Crippen molar-refractivity contribution in [3.63, 3.8) is 0 Å². The molecule has 1 saturated heterocycles. The first-order valence-electron chi connectivity index (χ1n) is 7.49. The second-order valence-electron chi connectivity index (χ2n) is 5.82. The number of nitrogens with one attached hydrogen (secondary N) is 1. The zero-order valence-electron chi connectivity index (χ0n) is 12.1. The average Bonchev–Trinajstić information content (AvgIpc) is 3.20. The Morgan fingerprint density at radius 1 is 1.16 bits per heavy atom. The monoisotopic (exact) mass is 289 g/mol. The molecule has 0 aromatic heterocycles. The molecule has 2 rings (SSSR count). The van der Waals surface area contributed by atoms with Crippen molar-refractivity contribution >= 4 is 10.2 Å². The summed E-state index contributed by atoms with van der Waals surface area (Å²) in [7, 11) is -1.55. The molecular weight excluding hydrogens is 262 g/mol. The number of piperidine rings is 1. The summed E-state index contributed by atoms with van der Waals surface area (Å²) in [5, 5.41) is 3.30. The highest BCUT2D eigenvalue weighted by Gasteiger charge is 2.35. The van der Waals surface area contributed by atoms with Gasteiger partial charge in [0.1, 0.15) is 0 Å². The SMILES string of the molecule is CCCN(C1CCNCC1)S(=O)(=O)N(C)CC1CC1. The van der Waals surface area contributed by atoms with Crippen LogP contribution in [0.4, 0.5) is 0 Å². The molecule has 0 bridgehead atoms. The fourth-order valence-electron chi connectivity index (χ4n) is 2.74. The second kappa shape index (κ2) is 6.52. The van der Waals surface area contributed by atoms with E-state index in [1.165, 1.54) is 12.8 Å². The molecule has 0 atom stereocenters. The van der Waals surface area contributed by atoms with Crippen molar-refractivity contribution < 1.29 is 8.42 Å². The Morgan fingerprint density at radius 3 is 2.32 bits per heavy atom. The van der Waals surface area contributed by atoms with Crippen LogP contribution in [-0.2, 0) is 10.2 Å². The Labute approximate surface area is 117 Å². The predicted molar refractivity (Wildman–Crippen MR) is 77.2 cm³/mol. The first-order chi connectivity index (χ1) is 9.05. The van der Waals surface area contributed by atoms with E-state index in [1.54, 1.807) is 15.7 Å². The van der Waals surface area contributed by atoms with Gasteiger partial charge in [-0.25, -0.2) is 0 Å². The van der Waals surface area contributed by atoms with E-state index in [0.29, 0.717) is 19.0 Å². The van der Waals surface area contributed by atoms with Gasteiger partial charge in [-0.2, -0.15) is 17.0 Å². The van der Waals surface area contributed by atoms with E-state index >= 15 is 0 Å². The molecule has 1 aliphatic carbocycles. The minimum Gasteiger partial charge on any atom is -0.317 e. The van der Waals surface area contributed by atoms with Crippen LogP contribution in [0.25, 0.3) is 0 Å². The van der Waals surface area contributed by atoms with Gasteiger partial charge in [-0.1, -0.05) is 6.92 Å². The molecule has 0 radical (unpaired) electrons. The van der Waals surface area contributed by atoms with Crippen molar-refractivity contribution in [1.29, 1.82) is 0 Å². The van der Waals surface area contributed by atoms with E-state index in [2.05, 4.69) is 5.32 Å². The molecule has 0 unspecified atom stereocenters. The summed E-state index contributed by atoms with van der Waals surface area (Å²) in [4.78, 5) is 0. The van der Waals surface area contributed by atoms with Crippen molar-refractivity contribution in [2.45, 2.75) is 45.1 Å². The first kappa shape index (κ1) is 15.2. The minimum atomic E-state index is -3.28. The lowest BCUT2D eigenvalue weighted by atomic mass is 10.1. The number of hydrogen-bond donors (Lipinski definition) is 1. The van der Waals surface area contributed by atoms with Gasteiger partial charge in [0, 0.05) is 26.2 Å².